The monoisotopic (exact) mass is 474 g/mol. The lowest BCUT2D eigenvalue weighted by Crippen LogP contribution is -2.53. The first-order valence-electron chi connectivity index (χ1n) is 10.8. The van der Waals surface area contributed by atoms with Crippen LogP contribution >= 0.6 is 11.3 Å². The molecular formula is C22H26N4O4S2. The first kappa shape index (κ1) is 21.6. The molecule has 1 aliphatic carbocycles. The van der Waals surface area contributed by atoms with Gasteiger partial charge in [0.1, 0.15) is 17.1 Å². The number of amidine groups is 1. The van der Waals surface area contributed by atoms with Crippen LogP contribution in [0.25, 0.3) is 0 Å². The minimum absolute atomic E-state index is 0.161. The Labute approximate surface area is 192 Å². The van der Waals surface area contributed by atoms with Gasteiger partial charge in [-0.15, -0.1) is 4.31 Å². The Morgan fingerprint density at radius 1 is 1.28 bits per heavy atom. The Bertz CT molecular complexity index is 1080. The number of urea groups is 1. The van der Waals surface area contributed by atoms with E-state index in [0.717, 1.165) is 25.7 Å². The largest absolute Gasteiger partial charge is 0.592 e. The van der Waals surface area contributed by atoms with Gasteiger partial charge < -0.3 is 9.29 Å². The Balaban J connectivity index is 1.56. The molecule has 5 rings (SSSR count). The van der Waals surface area contributed by atoms with Gasteiger partial charge in [0.25, 0.3) is 0 Å². The minimum Gasteiger partial charge on any atom is -0.592 e. The lowest BCUT2D eigenvalue weighted by Gasteiger charge is -2.34. The summed E-state index contributed by atoms with van der Waals surface area (Å²) in [5.74, 6) is 1.22. The number of rotatable bonds is 5. The summed E-state index contributed by atoms with van der Waals surface area (Å²) in [6.07, 6.45) is 4.71. The van der Waals surface area contributed by atoms with Crippen LogP contribution in [0.2, 0.25) is 0 Å². The summed E-state index contributed by atoms with van der Waals surface area (Å²) < 4.78 is 33.7. The van der Waals surface area contributed by atoms with Crippen molar-refractivity contribution in [3.05, 3.63) is 41.8 Å². The third-order valence-electron chi connectivity index (χ3n) is 6.55. The molecule has 8 nitrogen and oxygen atoms in total. The van der Waals surface area contributed by atoms with E-state index >= 15 is 0 Å². The number of aliphatic imine (C=N–C) groups is 1. The standard InChI is InChI=1S/C22H26N4O4S2/c1-30-18-9-4-8-17(14-18)26-21(27)24-20(23-16-6-2-3-7-16)22(26)11-12-25(15-22)32(28,29)19-10-5-13-31-19/h4-5,8-10,13-14,16H,2-3,6-7,11-12,15H2,1H3,(H-,23,24,27,28,29). The fourth-order valence-corrected chi connectivity index (χ4v) is 7.57. The maximum absolute atomic E-state index is 13.3. The van der Waals surface area contributed by atoms with E-state index < -0.39 is 15.9 Å². The molecule has 32 heavy (non-hydrogen) atoms. The second-order valence-corrected chi connectivity index (χ2v) is 11.5. The lowest BCUT2D eigenvalue weighted by atomic mass is 9.95. The predicted octanol–water partition coefficient (Wildman–Crippen LogP) is 3.68. The molecule has 2 aliphatic heterocycles. The molecule has 1 spiro atoms. The summed E-state index contributed by atoms with van der Waals surface area (Å²) >= 11 is 1.20. The quantitative estimate of drug-likeness (QED) is 0.669. The van der Waals surface area contributed by atoms with Crippen molar-refractivity contribution in [1.29, 1.82) is 0 Å². The van der Waals surface area contributed by atoms with Crippen molar-refractivity contribution < 1.29 is 18.3 Å². The Morgan fingerprint density at radius 3 is 2.81 bits per heavy atom. The van der Waals surface area contributed by atoms with Gasteiger partial charge >= 0.3 is 6.03 Å². The van der Waals surface area contributed by atoms with E-state index in [1.165, 1.54) is 15.6 Å². The highest BCUT2D eigenvalue weighted by molar-refractivity contribution is 7.97. The van der Waals surface area contributed by atoms with Gasteiger partial charge in [0.2, 0.25) is 4.21 Å². The highest BCUT2D eigenvalue weighted by Crippen LogP contribution is 2.42. The number of carbonyl (C=O) groups is 1. The first-order chi connectivity index (χ1) is 15.4. The fraction of sp³-hybridized carbons (Fsp3) is 0.455. The molecule has 2 unspecified atom stereocenters. The van der Waals surface area contributed by atoms with Crippen LogP contribution in [0.4, 0.5) is 10.5 Å². The summed E-state index contributed by atoms with van der Waals surface area (Å²) in [7, 11) is -2.06. The van der Waals surface area contributed by atoms with Crippen molar-refractivity contribution >= 4 is 39.3 Å². The van der Waals surface area contributed by atoms with Gasteiger partial charge in [0.15, 0.2) is 10.4 Å². The van der Waals surface area contributed by atoms with Crippen molar-refractivity contribution in [3.63, 3.8) is 0 Å². The van der Waals surface area contributed by atoms with Crippen LogP contribution < -0.4 is 15.0 Å². The van der Waals surface area contributed by atoms with Crippen molar-refractivity contribution in [2.75, 3.05) is 25.1 Å². The highest BCUT2D eigenvalue weighted by Gasteiger charge is 2.59. The maximum atomic E-state index is 13.3. The number of carbonyl (C=O) groups excluding carboxylic acids is 1. The van der Waals surface area contributed by atoms with Crippen LogP contribution in [0.5, 0.6) is 5.75 Å². The average molecular weight is 475 g/mol. The smallest absolute Gasteiger partial charge is 0.328 e. The zero-order valence-corrected chi connectivity index (χ0v) is 19.5. The molecule has 1 aromatic carbocycles. The van der Waals surface area contributed by atoms with E-state index in [2.05, 4.69) is 5.32 Å². The summed E-state index contributed by atoms with van der Waals surface area (Å²) in [5, 5.41) is 4.74. The molecule has 1 N–H and O–H groups in total. The van der Waals surface area contributed by atoms with E-state index in [1.807, 2.05) is 18.2 Å². The second-order valence-electron chi connectivity index (χ2n) is 8.44. The van der Waals surface area contributed by atoms with Gasteiger partial charge in [0, 0.05) is 18.7 Å². The maximum Gasteiger partial charge on any atom is 0.328 e. The van der Waals surface area contributed by atoms with Crippen molar-refractivity contribution in [2.24, 2.45) is 4.99 Å². The van der Waals surface area contributed by atoms with E-state index in [0.29, 0.717) is 34.4 Å². The number of methoxy groups -OCH3 is 1. The second kappa shape index (κ2) is 8.26. The fourth-order valence-electron chi connectivity index (χ4n) is 4.93. The molecule has 1 aromatic heterocycles. The van der Waals surface area contributed by atoms with Gasteiger partial charge in [-0.3, -0.25) is 15.2 Å². The topological polar surface area (TPSA) is 97.3 Å². The third-order valence-corrected chi connectivity index (χ3v) is 9.77. The molecule has 3 aliphatic rings. The molecule has 0 radical (unpaired) electrons. The first-order valence-corrected chi connectivity index (χ1v) is 13.1. The van der Waals surface area contributed by atoms with Crippen LogP contribution in [0.1, 0.15) is 32.1 Å². The number of sulfonamides is 1. The lowest BCUT2D eigenvalue weighted by molar-refractivity contribution is 0.251. The molecule has 3 fully saturated rings. The molecular weight excluding hydrogens is 448 g/mol. The van der Waals surface area contributed by atoms with E-state index in [-0.39, 0.29) is 18.6 Å². The molecule has 2 amide bonds. The van der Waals surface area contributed by atoms with Gasteiger partial charge in [-0.2, -0.15) is 0 Å². The average Bonchev–Trinajstić information content (AvgIpc) is 3.58. The molecule has 1 saturated carbocycles. The molecule has 170 valence electrons. The minimum atomic E-state index is -3.64. The van der Waals surface area contributed by atoms with Gasteiger partial charge in [0.05, 0.1) is 25.4 Å². The van der Waals surface area contributed by atoms with Crippen LogP contribution in [0.15, 0.2) is 51.0 Å². The SMILES string of the molecule is COc1cccc(N2C(=O)NC(=NC3CCCC3)C23CCN([S+](=O)([O-])c2cccs2)C3)c1. The van der Waals surface area contributed by atoms with E-state index in [1.54, 1.807) is 35.6 Å². The molecule has 2 saturated heterocycles. The number of amides is 2. The van der Waals surface area contributed by atoms with Crippen LogP contribution in [0.3, 0.4) is 0 Å². The van der Waals surface area contributed by atoms with Crippen LogP contribution in [-0.2, 0) is 14.6 Å². The van der Waals surface area contributed by atoms with Gasteiger partial charge in [-0.05, 0) is 42.8 Å². The normalized spacial score (nSPS) is 27.4. The number of ether oxygens (including phenoxy) is 1. The summed E-state index contributed by atoms with van der Waals surface area (Å²) in [6, 6.07) is 10.5. The predicted molar refractivity (Wildman–Crippen MR) is 124 cm³/mol. The third kappa shape index (κ3) is 3.55. The van der Waals surface area contributed by atoms with Crippen molar-refractivity contribution in [1.82, 2.24) is 9.62 Å². The Hall–Kier alpha value is -2.27. The van der Waals surface area contributed by atoms with Crippen molar-refractivity contribution in [2.45, 2.75) is 47.9 Å². The number of hydrogen-bond acceptors (Lipinski definition) is 6. The Morgan fingerprint density at radius 2 is 2.09 bits per heavy atom. The number of nitrogens with one attached hydrogen (secondary N) is 1. The number of hydrogen-bond donors (Lipinski definition) is 1. The number of thiophene rings is 1. The van der Waals surface area contributed by atoms with E-state index in [4.69, 9.17) is 9.73 Å². The zero-order chi connectivity index (χ0) is 22.3. The molecule has 10 heteroatoms. The molecule has 2 aromatic rings. The van der Waals surface area contributed by atoms with Crippen molar-refractivity contribution in [3.8, 4) is 5.75 Å². The number of nitrogens with zero attached hydrogens (tertiary/aromatic N) is 3. The van der Waals surface area contributed by atoms with Gasteiger partial charge in [-0.1, -0.05) is 34.5 Å². The number of benzene rings is 1. The summed E-state index contributed by atoms with van der Waals surface area (Å²) in [6.45, 7) is 0.480. The number of anilines is 1. The Kier molecular flexibility index (Phi) is 5.56. The van der Waals surface area contributed by atoms with Crippen LogP contribution in [0, 0.1) is 0 Å². The molecule has 0 bridgehead atoms. The van der Waals surface area contributed by atoms with Crippen LogP contribution in [-0.4, -0.2) is 52.5 Å². The van der Waals surface area contributed by atoms with Gasteiger partial charge in [-0.25, -0.2) is 4.79 Å². The zero-order valence-electron chi connectivity index (χ0n) is 17.9. The summed E-state index contributed by atoms with van der Waals surface area (Å²) in [5.41, 5.74) is -0.204. The van der Waals surface area contributed by atoms with E-state index in [9.17, 15) is 13.6 Å². The summed E-state index contributed by atoms with van der Waals surface area (Å²) in [4.78, 5) is 19.9. The molecule has 3 heterocycles. The highest BCUT2D eigenvalue weighted by atomic mass is 32.3. The molecule has 2 atom stereocenters.